The molecule has 0 saturated carbocycles. The molecule has 6 nitrogen and oxygen atoms in total. The van der Waals surface area contributed by atoms with Gasteiger partial charge in [0.1, 0.15) is 5.75 Å². The molecular formula is C25H27N3O3. The van der Waals surface area contributed by atoms with Crippen LogP contribution in [0.2, 0.25) is 0 Å². The number of hydrogen-bond donors (Lipinski definition) is 0. The molecule has 2 aromatic carbocycles. The zero-order chi connectivity index (χ0) is 21.6. The Labute approximate surface area is 182 Å². The van der Waals surface area contributed by atoms with E-state index >= 15 is 0 Å². The summed E-state index contributed by atoms with van der Waals surface area (Å²) >= 11 is 0. The summed E-state index contributed by atoms with van der Waals surface area (Å²) < 4.78 is 10.7. The number of aromatic nitrogens is 2. The van der Waals surface area contributed by atoms with Crippen molar-refractivity contribution in [2.24, 2.45) is 5.92 Å². The Morgan fingerprint density at radius 2 is 2.03 bits per heavy atom. The standard InChI is InChI=1S/C25H27N3O3/c1-18-6-3-4-8-22(18)25-26-23(31-27-25)16-20-7-5-15-28(17-20)24(29)14-11-19-9-12-21(30-2)13-10-19/h3-4,6,8-14,20H,5,7,15-17H2,1-2H3. The van der Waals surface area contributed by atoms with E-state index in [9.17, 15) is 4.79 Å². The summed E-state index contributed by atoms with van der Waals surface area (Å²) in [7, 11) is 1.64. The van der Waals surface area contributed by atoms with Crippen LogP contribution in [0.15, 0.2) is 59.1 Å². The lowest BCUT2D eigenvalue weighted by molar-refractivity contribution is -0.127. The van der Waals surface area contributed by atoms with Crippen molar-refractivity contribution in [1.82, 2.24) is 15.0 Å². The van der Waals surface area contributed by atoms with Crippen molar-refractivity contribution in [3.05, 3.63) is 71.6 Å². The number of rotatable bonds is 6. The van der Waals surface area contributed by atoms with Crippen molar-refractivity contribution in [3.8, 4) is 17.1 Å². The Morgan fingerprint density at radius 1 is 1.23 bits per heavy atom. The van der Waals surface area contributed by atoms with E-state index in [2.05, 4.69) is 10.1 Å². The van der Waals surface area contributed by atoms with Crippen LogP contribution in [0.1, 0.15) is 29.9 Å². The number of aryl methyl sites for hydroxylation is 1. The van der Waals surface area contributed by atoms with Crippen molar-refractivity contribution in [2.75, 3.05) is 20.2 Å². The number of likely N-dealkylation sites (tertiary alicyclic amines) is 1. The SMILES string of the molecule is COc1ccc(C=CC(=O)N2CCCC(Cc3nc(-c4ccccc4C)no3)C2)cc1. The Kier molecular flexibility index (Phi) is 6.46. The quantitative estimate of drug-likeness (QED) is 0.551. The van der Waals surface area contributed by atoms with Crippen LogP contribution in [-0.4, -0.2) is 41.1 Å². The van der Waals surface area contributed by atoms with Gasteiger partial charge in [-0.1, -0.05) is 41.6 Å². The number of carbonyl (C=O) groups excluding carboxylic acids is 1. The number of carbonyl (C=O) groups is 1. The fraction of sp³-hybridized carbons (Fsp3) is 0.320. The van der Waals surface area contributed by atoms with Gasteiger partial charge in [0, 0.05) is 31.1 Å². The third kappa shape index (κ3) is 5.20. The van der Waals surface area contributed by atoms with Gasteiger partial charge in [0.05, 0.1) is 7.11 Å². The smallest absolute Gasteiger partial charge is 0.246 e. The fourth-order valence-electron chi connectivity index (χ4n) is 3.94. The number of methoxy groups -OCH3 is 1. The fourth-order valence-corrected chi connectivity index (χ4v) is 3.94. The lowest BCUT2D eigenvalue weighted by Crippen LogP contribution is -2.39. The number of amides is 1. The maximum absolute atomic E-state index is 12.7. The highest BCUT2D eigenvalue weighted by Gasteiger charge is 2.24. The monoisotopic (exact) mass is 417 g/mol. The predicted molar refractivity (Wildman–Crippen MR) is 120 cm³/mol. The summed E-state index contributed by atoms with van der Waals surface area (Å²) in [5.41, 5.74) is 3.08. The van der Waals surface area contributed by atoms with E-state index < -0.39 is 0 Å². The second kappa shape index (κ2) is 9.60. The Bertz CT molecular complexity index is 1060. The largest absolute Gasteiger partial charge is 0.497 e. The molecule has 6 heteroatoms. The molecule has 1 unspecified atom stereocenters. The molecule has 1 atom stereocenters. The summed E-state index contributed by atoms with van der Waals surface area (Å²) in [5, 5.41) is 4.16. The maximum atomic E-state index is 12.7. The zero-order valence-corrected chi connectivity index (χ0v) is 18.0. The second-order valence-corrected chi connectivity index (χ2v) is 7.93. The van der Waals surface area contributed by atoms with Crippen LogP contribution in [0.25, 0.3) is 17.5 Å². The Hall–Kier alpha value is -3.41. The van der Waals surface area contributed by atoms with E-state index in [-0.39, 0.29) is 5.91 Å². The molecule has 1 saturated heterocycles. The van der Waals surface area contributed by atoms with Crippen LogP contribution < -0.4 is 4.74 Å². The first kappa shape index (κ1) is 20.8. The first-order valence-corrected chi connectivity index (χ1v) is 10.6. The van der Waals surface area contributed by atoms with Gasteiger partial charge in [-0.2, -0.15) is 4.98 Å². The van der Waals surface area contributed by atoms with Gasteiger partial charge < -0.3 is 14.2 Å². The molecule has 0 N–H and O–H groups in total. The maximum Gasteiger partial charge on any atom is 0.246 e. The van der Waals surface area contributed by atoms with Crippen molar-refractivity contribution in [3.63, 3.8) is 0 Å². The molecule has 0 spiro atoms. The highest BCUT2D eigenvalue weighted by Crippen LogP contribution is 2.24. The second-order valence-electron chi connectivity index (χ2n) is 7.93. The summed E-state index contributed by atoms with van der Waals surface area (Å²) in [6, 6.07) is 15.6. The number of piperidine rings is 1. The molecule has 1 aliphatic rings. The van der Waals surface area contributed by atoms with Crippen LogP contribution in [0, 0.1) is 12.8 Å². The summed E-state index contributed by atoms with van der Waals surface area (Å²) in [6.45, 7) is 3.52. The highest BCUT2D eigenvalue weighted by molar-refractivity contribution is 5.91. The van der Waals surface area contributed by atoms with Crippen molar-refractivity contribution in [1.29, 1.82) is 0 Å². The van der Waals surface area contributed by atoms with Crippen molar-refractivity contribution < 1.29 is 14.1 Å². The molecule has 160 valence electrons. The minimum atomic E-state index is 0.0339. The van der Waals surface area contributed by atoms with E-state index in [4.69, 9.17) is 9.26 Å². The highest BCUT2D eigenvalue weighted by atomic mass is 16.5. The number of nitrogens with zero attached hydrogens (tertiary/aromatic N) is 3. The molecule has 3 aromatic rings. The van der Waals surface area contributed by atoms with E-state index in [1.807, 2.05) is 66.4 Å². The molecular weight excluding hydrogens is 390 g/mol. The van der Waals surface area contributed by atoms with Gasteiger partial charge in [-0.25, -0.2) is 0 Å². The van der Waals surface area contributed by atoms with Gasteiger partial charge in [-0.3, -0.25) is 4.79 Å². The third-order valence-electron chi connectivity index (χ3n) is 5.68. The van der Waals surface area contributed by atoms with Crippen molar-refractivity contribution >= 4 is 12.0 Å². The van der Waals surface area contributed by atoms with Crippen LogP contribution in [-0.2, 0) is 11.2 Å². The van der Waals surface area contributed by atoms with Crippen LogP contribution in [0.4, 0.5) is 0 Å². The first-order chi connectivity index (χ1) is 15.1. The lowest BCUT2D eigenvalue weighted by atomic mass is 9.94. The Balaban J connectivity index is 1.35. The average Bonchev–Trinajstić information content (AvgIpc) is 3.26. The predicted octanol–water partition coefficient (Wildman–Crippen LogP) is 4.55. The van der Waals surface area contributed by atoms with Gasteiger partial charge in [-0.05, 0) is 55.0 Å². The summed E-state index contributed by atoms with van der Waals surface area (Å²) in [4.78, 5) is 19.2. The molecule has 0 bridgehead atoms. The molecule has 1 fully saturated rings. The molecule has 4 rings (SSSR count). The molecule has 1 aromatic heterocycles. The minimum absolute atomic E-state index is 0.0339. The van der Waals surface area contributed by atoms with Gasteiger partial charge in [0.25, 0.3) is 0 Å². The topological polar surface area (TPSA) is 68.5 Å². The lowest BCUT2D eigenvalue weighted by Gasteiger charge is -2.31. The average molecular weight is 418 g/mol. The Morgan fingerprint density at radius 3 is 2.81 bits per heavy atom. The summed E-state index contributed by atoms with van der Waals surface area (Å²) in [6.07, 6.45) is 6.20. The zero-order valence-electron chi connectivity index (χ0n) is 18.0. The number of ether oxygens (including phenoxy) is 1. The molecule has 0 aliphatic carbocycles. The summed E-state index contributed by atoms with van der Waals surface area (Å²) in [5.74, 6) is 2.41. The van der Waals surface area contributed by atoms with E-state index in [1.54, 1.807) is 13.2 Å². The third-order valence-corrected chi connectivity index (χ3v) is 5.68. The van der Waals surface area contributed by atoms with Crippen LogP contribution >= 0.6 is 0 Å². The molecule has 0 radical (unpaired) electrons. The minimum Gasteiger partial charge on any atom is -0.497 e. The van der Waals surface area contributed by atoms with Crippen LogP contribution in [0.5, 0.6) is 5.75 Å². The number of hydrogen-bond acceptors (Lipinski definition) is 5. The van der Waals surface area contributed by atoms with Crippen molar-refractivity contribution in [2.45, 2.75) is 26.2 Å². The molecule has 1 amide bonds. The van der Waals surface area contributed by atoms with E-state index in [1.165, 1.54) is 0 Å². The molecule has 1 aliphatic heterocycles. The van der Waals surface area contributed by atoms with Gasteiger partial charge >= 0.3 is 0 Å². The van der Waals surface area contributed by atoms with Gasteiger partial charge in [0.15, 0.2) is 0 Å². The molecule has 31 heavy (non-hydrogen) atoms. The van der Waals surface area contributed by atoms with Gasteiger partial charge in [0.2, 0.25) is 17.6 Å². The normalized spacial score (nSPS) is 16.6. The van der Waals surface area contributed by atoms with Gasteiger partial charge in [-0.15, -0.1) is 0 Å². The van der Waals surface area contributed by atoms with E-state index in [0.29, 0.717) is 30.6 Å². The first-order valence-electron chi connectivity index (χ1n) is 10.6. The van der Waals surface area contributed by atoms with E-state index in [0.717, 1.165) is 41.8 Å². The van der Waals surface area contributed by atoms with Crippen LogP contribution in [0.3, 0.4) is 0 Å². The number of benzene rings is 2. The molecule has 2 heterocycles.